The van der Waals surface area contributed by atoms with Gasteiger partial charge in [0.2, 0.25) is 0 Å². The van der Waals surface area contributed by atoms with Gasteiger partial charge in [-0.15, -0.1) is 0 Å². The Labute approximate surface area is 153 Å². The Kier molecular flexibility index (Phi) is 5.65. The molecule has 0 aliphatic heterocycles. The molecule has 8 heteroatoms. The number of rotatable bonds is 6. The van der Waals surface area contributed by atoms with Gasteiger partial charge in [-0.25, -0.2) is 23.1 Å². The smallest absolute Gasteiger partial charge is 0.270 e. The molecule has 2 aromatic carbocycles. The molecule has 0 radical (unpaired) electrons. The summed E-state index contributed by atoms with van der Waals surface area (Å²) in [6.45, 7) is 0.232. The first-order chi connectivity index (χ1) is 13.0. The van der Waals surface area contributed by atoms with Crippen molar-refractivity contribution < 1.29 is 18.0 Å². The van der Waals surface area contributed by atoms with Crippen LogP contribution in [0.25, 0.3) is 0 Å². The topological polar surface area (TPSA) is 66.9 Å². The van der Waals surface area contributed by atoms with Gasteiger partial charge < -0.3 is 10.6 Å². The highest BCUT2D eigenvalue weighted by Gasteiger charge is 2.10. The summed E-state index contributed by atoms with van der Waals surface area (Å²) in [5, 5.41) is 5.42. The molecular weight excluding hydrogens is 357 g/mol. The van der Waals surface area contributed by atoms with E-state index in [1.807, 2.05) is 0 Å². The van der Waals surface area contributed by atoms with E-state index in [-0.39, 0.29) is 29.6 Å². The Bertz CT molecular complexity index is 965. The van der Waals surface area contributed by atoms with Crippen LogP contribution in [-0.2, 0) is 6.42 Å². The van der Waals surface area contributed by atoms with Crippen molar-refractivity contribution >= 4 is 17.4 Å². The molecule has 0 unspecified atom stereocenters. The molecule has 3 aromatic rings. The van der Waals surface area contributed by atoms with Gasteiger partial charge in [-0.3, -0.25) is 4.79 Å². The number of hydrogen-bond acceptors (Lipinski definition) is 4. The largest absolute Gasteiger partial charge is 0.350 e. The second-order valence-electron chi connectivity index (χ2n) is 5.64. The van der Waals surface area contributed by atoms with Crippen LogP contribution in [0.15, 0.2) is 54.9 Å². The molecule has 27 heavy (non-hydrogen) atoms. The summed E-state index contributed by atoms with van der Waals surface area (Å²) < 4.78 is 39.8. The van der Waals surface area contributed by atoms with Crippen LogP contribution < -0.4 is 10.6 Å². The minimum atomic E-state index is -1.000. The Hall–Kier alpha value is -3.42. The first-order valence-electron chi connectivity index (χ1n) is 8.08. The summed E-state index contributed by atoms with van der Waals surface area (Å²) in [6, 6.07) is 11.0. The van der Waals surface area contributed by atoms with Gasteiger partial charge >= 0.3 is 0 Å². The maximum atomic E-state index is 13.6. The van der Waals surface area contributed by atoms with Crippen LogP contribution in [0.4, 0.5) is 24.7 Å². The number of amides is 1. The highest BCUT2D eigenvalue weighted by atomic mass is 19.2. The third-order valence-corrected chi connectivity index (χ3v) is 3.73. The lowest BCUT2D eigenvalue weighted by Gasteiger charge is -2.08. The van der Waals surface area contributed by atoms with E-state index >= 15 is 0 Å². The number of hydrogen-bond donors (Lipinski definition) is 2. The molecule has 5 nitrogen and oxygen atoms in total. The number of nitrogens with one attached hydrogen (secondary N) is 2. The lowest BCUT2D eigenvalue weighted by molar-refractivity contribution is 0.0949. The molecule has 0 atom stereocenters. The Morgan fingerprint density at radius 2 is 1.74 bits per heavy atom. The van der Waals surface area contributed by atoms with Crippen molar-refractivity contribution in [3.8, 4) is 0 Å². The minimum absolute atomic E-state index is 0.0867. The van der Waals surface area contributed by atoms with Gasteiger partial charge in [0.15, 0.2) is 11.6 Å². The molecule has 1 heterocycles. The van der Waals surface area contributed by atoms with Gasteiger partial charge in [-0.05, 0) is 30.2 Å². The number of carbonyl (C=O) groups is 1. The third-order valence-electron chi connectivity index (χ3n) is 3.73. The van der Waals surface area contributed by atoms with Gasteiger partial charge in [0.1, 0.15) is 23.7 Å². The van der Waals surface area contributed by atoms with Crippen molar-refractivity contribution in [2.24, 2.45) is 0 Å². The standard InChI is InChI=1S/C19H15F3N4O/c20-14-4-2-1-3-12(14)7-8-23-19(27)17-10-18(25-11-24-17)26-13-5-6-15(21)16(22)9-13/h1-6,9-11H,7-8H2,(H,23,27)(H,24,25,26). The molecular formula is C19H15F3N4O. The van der Waals surface area contributed by atoms with Crippen LogP contribution in [0.1, 0.15) is 16.1 Å². The van der Waals surface area contributed by atoms with Crippen LogP contribution in [-0.4, -0.2) is 22.4 Å². The molecule has 0 bridgehead atoms. The van der Waals surface area contributed by atoms with Crippen molar-refractivity contribution in [1.29, 1.82) is 0 Å². The van der Waals surface area contributed by atoms with E-state index in [9.17, 15) is 18.0 Å². The minimum Gasteiger partial charge on any atom is -0.350 e. The fourth-order valence-electron chi connectivity index (χ4n) is 2.37. The van der Waals surface area contributed by atoms with Crippen molar-refractivity contribution in [2.45, 2.75) is 6.42 Å². The first-order valence-corrected chi connectivity index (χ1v) is 8.08. The SMILES string of the molecule is O=C(NCCc1ccccc1F)c1cc(Nc2ccc(F)c(F)c2)ncn1. The molecule has 1 amide bonds. The molecule has 138 valence electrons. The van der Waals surface area contributed by atoms with Crippen LogP contribution in [0, 0.1) is 17.5 Å². The Balaban J connectivity index is 1.61. The Morgan fingerprint density at radius 1 is 0.926 bits per heavy atom. The fourth-order valence-corrected chi connectivity index (χ4v) is 2.37. The van der Waals surface area contributed by atoms with E-state index in [0.29, 0.717) is 12.0 Å². The molecule has 1 aromatic heterocycles. The van der Waals surface area contributed by atoms with Crippen molar-refractivity contribution in [1.82, 2.24) is 15.3 Å². The van der Waals surface area contributed by atoms with Crippen LogP contribution in [0.3, 0.4) is 0 Å². The average Bonchev–Trinajstić information content (AvgIpc) is 2.66. The number of aromatic nitrogens is 2. The molecule has 3 rings (SSSR count). The van der Waals surface area contributed by atoms with E-state index in [2.05, 4.69) is 20.6 Å². The highest BCUT2D eigenvalue weighted by molar-refractivity contribution is 5.92. The predicted molar refractivity (Wildman–Crippen MR) is 94.1 cm³/mol. The molecule has 2 N–H and O–H groups in total. The van der Waals surface area contributed by atoms with E-state index in [1.165, 1.54) is 24.5 Å². The Morgan fingerprint density at radius 3 is 2.52 bits per heavy atom. The molecule has 0 fully saturated rings. The summed E-state index contributed by atoms with van der Waals surface area (Å²) in [6.07, 6.45) is 1.51. The highest BCUT2D eigenvalue weighted by Crippen LogP contribution is 2.17. The summed E-state index contributed by atoms with van der Waals surface area (Å²) in [7, 11) is 0. The zero-order valence-electron chi connectivity index (χ0n) is 14.0. The van der Waals surface area contributed by atoms with Crippen molar-refractivity contribution in [2.75, 3.05) is 11.9 Å². The van der Waals surface area contributed by atoms with Crippen LogP contribution in [0.5, 0.6) is 0 Å². The second kappa shape index (κ2) is 8.31. The van der Waals surface area contributed by atoms with Gasteiger partial charge in [0, 0.05) is 24.4 Å². The number of nitrogens with zero attached hydrogens (tertiary/aromatic N) is 2. The zero-order chi connectivity index (χ0) is 19.2. The zero-order valence-corrected chi connectivity index (χ0v) is 14.0. The van der Waals surface area contributed by atoms with E-state index < -0.39 is 17.5 Å². The number of benzene rings is 2. The molecule has 0 spiro atoms. The van der Waals surface area contributed by atoms with Gasteiger partial charge in [-0.1, -0.05) is 18.2 Å². The molecule has 0 aliphatic rings. The summed E-state index contributed by atoms with van der Waals surface area (Å²) in [5.41, 5.74) is 0.864. The number of carbonyl (C=O) groups excluding carboxylic acids is 1. The van der Waals surface area contributed by atoms with Crippen molar-refractivity contribution in [3.63, 3.8) is 0 Å². The fraction of sp³-hybridized carbons (Fsp3) is 0.105. The molecule has 0 saturated heterocycles. The molecule has 0 saturated carbocycles. The van der Waals surface area contributed by atoms with Crippen molar-refractivity contribution in [3.05, 3.63) is 83.6 Å². The lowest BCUT2D eigenvalue weighted by atomic mass is 10.1. The summed E-state index contributed by atoms with van der Waals surface area (Å²) >= 11 is 0. The molecule has 0 aliphatic carbocycles. The van der Waals surface area contributed by atoms with Crippen LogP contribution >= 0.6 is 0 Å². The summed E-state index contributed by atoms with van der Waals surface area (Å²) in [5.74, 6) is -2.50. The monoisotopic (exact) mass is 372 g/mol. The van der Waals surface area contributed by atoms with E-state index in [4.69, 9.17) is 0 Å². The van der Waals surface area contributed by atoms with Gasteiger partial charge in [-0.2, -0.15) is 0 Å². The predicted octanol–water partition coefficient (Wildman–Crippen LogP) is 3.61. The van der Waals surface area contributed by atoms with Crippen LogP contribution in [0.2, 0.25) is 0 Å². The lowest BCUT2D eigenvalue weighted by Crippen LogP contribution is -2.26. The number of halogens is 3. The third kappa shape index (κ3) is 4.81. The quantitative estimate of drug-likeness (QED) is 0.694. The maximum absolute atomic E-state index is 13.6. The average molecular weight is 372 g/mol. The second-order valence-corrected chi connectivity index (χ2v) is 5.64. The maximum Gasteiger partial charge on any atom is 0.270 e. The first kappa shape index (κ1) is 18.4. The number of anilines is 2. The summed E-state index contributed by atoms with van der Waals surface area (Å²) in [4.78, 5) is 20.0. The van der Waals surface area contributed by atoms with Gasteiger partial charge in [0.25, 0.3) is 5.91 Å². The van der Waals surface area contributed by atoms with E-state index in [1.54, 1.807) is 18.2 Å². The normalized spacial score (nSPS) is 10.5. The van der Waals surface area contributed by atoms with Gasteiger partial charge in [0.05, 0.1) is 0 Å². The van der Waals surface area contributed by atoms with E-state index in [0.717, 1.165) is 12.1 Å².